The van der Waals surface area contributed by atoms with Crippen molar-refractivity contribution in [1.29, 1.82) is 0 Å². The predicted molar refractivity (Wildman–Crippen MR) is 65.7 cm³/mol. The van der Waals surface area contributed by atoms with Crippen molar-refractivity contribution in [2.45, 2.75) is 19.6 Å². The van der Waals surface area contributed by atoms with Crippen LogP contribution in [0.15, 0.2) is 41.8 Å². The molecule has 0 radical (unpaired) electrons. The minimum atomic E-state index is -0.453. The highest BCUT2D eigenvalue weighted by Crippen LogP contribution is 2.20. The Bertz CT molecular complexity index is 435. The van der Waals surface area contributed by atoms with Crippen molar-refractivity contribution < 1.29 is 9.84 Å². The van der Waals surface area contributed by atoms with Gasteiger partial charge in [-0.25, -0.2) is 0 Å². The van der Waals surface area contributed by atoms with Gasteiger partial charge in [-0.2, -0.15) is 0 Å². The molecular weight excluding hydrogens is 220 g/mol. The van der Waals surface area contributed by atoms with E-state index in [9.17, 15) is 5.11 Å². The van der Waals surface area contributed by atoms with Gasteiger partial charge >= 0.3 is 0 Å². The molecule has 0 fully saturated rings. The number of thiophene rings is 1. The quantitative estimate of drug-likeness (QED) is 0.878. The van der Waals surface area contributed by atoms with Gasteiger partial charge in [0.15, 0.2) is 0 Å². The fourth-order valence-electron chi connectivity index (χ4n) is 1.41. The van der Waals surface area contributed by atoms with Crippen molar-refractivity contribution in [3.63, 3.8) is 0 Å². The maximum absolute atomic E-state index is 9.45. The average molecular weight is 234 g/mol. The Morgan fingerprint density at radius 2 is 2.19 bits per heavy atom. The van der Waals surface area contributed by atoms with Gasteiger partial charge in [0.05, 0.1) is 6.10 Å². The van der Waals surface area contributed by atoms with Crippen molar-refractivity contribution in [3.8, 4) is 5.75 Å². The number of hydrogen-bond donors (Lipinski definition) is 1. The monoisotopic (exact) mass is 234 g/mol. The number of hydrogen-bond acceptors (Lipinski definition) is 3. The SMILES string of the molecule is C[C@@H](O)c1cccc(OCc2cccs2)c1. The molecular formula is C13H14O2S. The van der Waals surface area contributed by atoms with Crippen LogP contribution in [0.4, 0.5) is 0 Å². The number of aliphatic hydroxyl groups excluding tert-OH is 1. The molecule has 0 unspecified atom stereocenters. The summed E-state index contributed by atoms with van der Waals surface area (Å²) >= 11 is 1.68. The number of ether oxygens (including phenoxy) is 1. The first kappa shape index (κ1) is 11.2. The van der Waals surface area contributed by atoms with Crippen molar-refractivity contribution in [2.75, 3.05) is 0 Å². The van der Waals surface area contributed by atoms with E-state index < -0.39 is 6.10 Å². The smallest absolute Gasteiger partial charge is 0.122 e. The molecule has 0 bridgehead atoms. The predicted octanol–water partition coefficient (Wildman–Crippen LogP) is 3.38. The van der Waals surface area contributed by atoms with Crippen LogP contribution in [-0.2, 0) is 6.61 Å². The van der Waals surface area contributed by atoms with Crippen molar-refractivity contribution in [1.82, 2.24) is 0 Å². The summed E-state index contributed by atoms with van der Waals surface area (Å²) in [6.45, 7) is 2.33. The molecule has 0 aliphatic carbocycles. The molecule has 0 aliphatic heterocycles. The normalized spacial score (nSPS) is 12.4. The van der Waals surface area contributed by atoms with Gasteiger partial charge in [-0.05, 0) is 36.1 Å². The second-order valence-electron chi connectivity index (χ2n) is 3.62. The molecule has 1 atom stereocenters. The molecule has 1 heterocycles. The first-order valence-corrected chi connectivity index (χ1v) is 6.07. The van der Waals surface area contributed by atoms with Gasteiger partial charge in [-0.15, -0.1) is 11.3 Å². The third-order valence-electron chi connectivity index (χ3n) is 2.30. The molecule has 1 N–H and O–H groups in total. The molecule has 16 heavy (non-hydrogen) atoms. The molecule has 1 aromatic heterocycles. The number of rotatable bonds is 4. The Morgan fingerprint density at radius 3 is 2.88 bits per heavy atom. The largest absolute Gasteiger partial charge is 0.488 e. The van der Waals surface area contributed by atoms with E-state index in [4.69, 9.17) is 4.74 Å². The topological polar surface area (TPSA) is 29.5 Å². The molecule has 0 aliphatic rings. The lowest BCUT2D eigenvalue weighted by Crippen LogP contribution is -1.95. The van der Waals surface area contributed by atoms with Crippen molar-refractivity contribution in [3.05, 3.63) is 52.2 Å². The molecule has 1 aromatic carbocycles. The Kier molecular flexibility index (Phi) is 3.59. The van der Waals surface area contributed by atoms with Gasteiger partial charge in [-0.1, -0.05) is 18.2 Å². The average Bonchev–Trinajstić information content (AvgIpc) is 2.79. The minimum absolute atomic E-state index is 0.453. The van der Waals surface area contributed by atoms with Crippen LogP contribution in [0, 0.1) is 0 Å². The molecule has 2 rings (SSSR count). The lowest BCUT2D eigenvalue weighted by atomic mass is 10.1. The molecule has 0 spiro atoms. The van der Waals surface area contributed by atoms with Gasteiger partial charge in [0, 0.05) is 4.88 Å². The summed E-state index contributed by atoms with van der Waals surface area (Å²) in [5, 5.41) is 11.5. The molecule has 2 nitrogen and oxygen atoms in total. The van der Waals surface area contributed by atoms with Crippen LogP contribution in [0.25, 0.3) is 0 Å². The summed E-state index contributed by atoms with van der Waals surface area (Å²) in [7, 11) is 0. The van der Waals surface area contributed by atoms with Crippen LogP contribution in [0.3, 0.4) is 0 Å². The maximum atomic E-state index is 9.45. The zero-order valence-electron chi connectivity index (χ0n) is 9.09. The van der Waals surface area contributed by atoms with Gasteiger partial charge in [-0.3, -0.25) is 0 Å². The molecule has 0 amide bonds. The summed E-state index contributed by atoms with van der Waals surface area (Å²) in [5.74, 6) is 0.798. The molecule has 2 aromatic rings. The maximum Gasteiger partial charge on any atom is 0.122 e. The van der Waals surface area contributed by atoms with Crippen LogP contribution in [-0.4, -0.2) is 5.11 Å². The van der Waals surface area contributed by atoms with E-state index in [1.807, 2.05) is 41.8 Å². The van der Waals surface area contributed by atoms with E-state index in [1.165, 1.54) is 4.88 Å². The summed E-state index contributed by atoms with van der Waals surface area (Å²) in [6, 6.07) is 11.6. The van der Waals surface area contributed by atoms with E-state index in [2.05, 4.69) is 0 Å². The highest BCUT2D eigenvalue weighted by molar-refractivity contribution is 7.09. The van der Waals surface area contributed by atoms with Crippen LogP contribution >= 0.6 is 11.3 Å². The van der Waals surface area contributed by atoms with E-state index >= 15 is 0 Å². The minimum Gasteiger partial charge on any atom is -0.488 e. The Balaban J connectivity index is 2.01. The number of aliphatic hydroxyl groups is 1. The third kappa shape index (κ3) is 2.84. The summed E-state index contributed by atoms with van der Waals surface area (Å²) in [5.41, 5.74) is 0.878. The highest BCUT2D eigenvalue weighted by Gasteiger charge is 2.02. The van der Waals surface area contributed by atoms with Crippen LogP contribution in [0.5, 0.6) is 5.75 Å². The van der Waals surface area contributed by atoms with Gasteiger partial charge in [0.25, 0.3) is 0 Å². The zero-order chi connectivity index (χ0) is 11.4. The Hall–Kier alpha value is -1.32. The summed E-state index contributed by atoms with van der Waals surface area (Å²) in [6.07, 6.45) is -0.453. The summed E-state index contributed by atoms with van der Waals surface area (Å²) < 4.78 is 5.64. The van der Waals surface area contributed by atoms with Crippen molar-refractivity contribution in [2.24, 2.45) is 0 Å². The first-order chi connectivity index (χ1) is 7.75. The van der Waals surface area contributed by atoms with Crippen LogP contribution in [0.2, 0.25) is 0 Å². The fraction of sp³-hybridized carbons (Fsp3) is 0.231. The second-order valence-corrected chi connectivity index (χ2v) is 4.65. The first-order valence-electron chi connectivity index (χ1n) is 5.19. The third-order valence-corrected chi connectivity index (χ3v) is 3.15. The molecule has 0 saturated heterocycles. The summed E-state index contributed by atoms with van der Waals surface area (Å²) in [4.78, 5) is 1.20. The van der Waals surface area contributed by atoms with E-state index in [-0.39, 0.29) is 0 Å². The second kappa shape index (κ2) is 5.14. The number of benzene rings is 1. The Labute approximate surface area is 99.1 Å². The lowest BCUT2D eigenvalue weighted by Gasteiger charge is -2.08. The van der Waals surface area contributed by atoms with Crippen LogP contribution in [0.1, 0.15) is 23.5 Å². The van der Waals surface area contributed by atoms with Crippen molar-refractivity contribution >= 4 is 11.3 Å². The lowest BCUT2D eigenvalue weighted by molar-refractivity contribution is 0.198. The van der Waals surface area contributed by atoms with Gasteiger partial charge < -0.3 is 9.84 Å². The fourth-order valence-corrected chi connectivity index (χ4v) is 2.03. The van der Waals surface area contributed by atoms with E-state index in [0.29, 0.717) is 6.61 Å². The van der Waals surface area contributed by atoms with E-state index in [1.54, 1.807) is 18.3 Å². The molecule has 3 heteroatoms. The van der Waals surface area contributed by atoms with Gasteiger partial charge in [0.2, 0.25) is 0 Å². The van der Waals surface area contributed by atoms with Crippen LogP contribution < -0.4 is 4.74 Å². The zero-order valence-corrected chi connectivity index (χ0v) is 9.91. The Morgan fingerprint density at radius 1 is 1.31 bits per heavy atom. The highest BCUT2D eigenvalue weighted by atomic mass is 32.1. The van der Waals surface area contributed by atoms with Gasteiger partial charge in [0.1, 0.15) is 12.4 Å². The molecule has 84 valence electrons. The molecule has 0 saturated carbocycles. The standard InChI is InChI=1S/C13H14O2S/c1-10(14)11-4-2-5-12(8-11)15-9-13-6-3-7-16-13/h2-8,10,14H,9H2,1H3/t10-/m1/s1. The van der Waals surface area contributed by atoms with E-state index in [0.717, 1.165) is 11.3 Å².